The fraction of sp³-hybridized carbons (Fsp3) is 0.381. The third kappa shape index (κ3) is 4.34. The molecule has 1 amide bonds. The van der Waals surface area contributed by atoms with Crippen molar-refractivity contribution in [2.75, 3.05) is 29.2 Å². The number of hydrogen-bond acceptors (Lipinski definition) is 8. The summed E-state index contributed by atoms with van der Waals surface area (Å²) in [7, 11) is 3.40. The molecule has 0 saturated carbocycles. The monoisotopic (exact) mass is 477 g/mol. The number of hydrogen-bond donors (Lipinski definition) is 1. The molecule has 1 aliphatic rings. The van der Waals surface area contributed by atoms with Gasteiger partial charge in [0.25, 0.3) is 0 Å². The fourth-order valence-corrected chi connectivity index (χ4v) is 4.16. The Bertz CT molecular complexity index is 1220. The Hall–Kier alpha value is -3.28. The summed E-state index contributed by atoms with van der Waals surface area (Å²) in [5, 5.41) is 2.76. The highest BCUT2D eigenvalue weighted by atomic mass is 32.1. The predicted octanol–water partition coefficient (Wildman–Crippen LogP) is 4.51. The van der Waals surface area contributed by atoms with Crippen LogP contribution in [0.2, 0.25) is 0 Å². The molecule has 33 heavy (non-hydrogen) atoms. The summed E-state index contributed by atoms with van der Waals surface area (Å²) in [6.07, 6.45) is -0.886. The molecule has 0 unspecified atom stereocenters. The van der Waals surface area contributed by atoms with Gasteiger partial charge in [0, 0.05) is 38.1 Å². The van der Waals surface area contributed by atoms with Gasteiger partial charge in [-0.05, 0) is 38.0 Å². The van der Waals surface area contributed by atoms with E-state index in [4.69, 9.17) is 0 Å². The molecular formula is C21H22F3N7OS. The van der Waals surface area contributed by atoms with Gasteiger partial charge in [-0.15, -0.1) is 0 Å². The van der Waals surface area contributed by atoms with E-state index in [1.807, 2.05) is 13.1 Å². The van der Waals surface area contributed by atoms with Crippen LogP contribution >= 0.6 is 11.5 Å². The summed E-state index contributed by atoms with van der Waals surface area (Å²) in [4.78, 5) is 27.4. The smallest absolute Gasteiger partial charge is 0.368 e. The van der Waals surface area contributed by atoms with Crippen molar-refractivity contribution in [3.63, 3.8) is 0 Å². The third-order valence-corrected chi connectivity index (χ3v) is 6.41. The zero-order valence-corrected chi connectivity index (χ0v) is 19.5. The minimum absolute atomic E-state index is 0.0346. The van der Waals surface area contributed by atoms with Gasteiger partial charge >= 0.3 is 6.18 Å². The maximum Gasteiger partial charge on any atom is 0.420 e. The van der Waals surface area contributed by atoms with E-state index in [2.05, 4.69) is 43.4 Å². The number of carbonyl (C=O) groups is 1. The van der Waals surface area contributed by atoms with Gasteiger partial charge in [-0.3, -0.25) is 9.78 Å². The number of anilines is 4. The Kier molecular flexibility index (Phi) is 5.51. The van der Waals surface area contributed by atoms with E-state index in [1.165, 1.54) is 20.2 Å². The molecule has 0 bridgehead atoms. The van der Waals surface area contributed by atoms with E-state index in [9.17, 15) is 18.0 Å². The SMILES string of the molecule is CC(=O)N(C)c1cnc(Nc2nc(-c3cc4c(cn3)N(C)C(C)(C)C4)ns2)c(C(F)(F)F)c1. The number of aromatic nitrogens is 4. The number of nitrogens with zero attached hydrogens (tertiary/aromatic N) is 6. The summed E-state index contributed by atoms with van der Waals surface area (Å²) < 4.78 is 45.2. The van der Waals surface area contributed by atoms with Crippen molar-refractivity contribution < 1.29 is 18.0 Å². The van der Waals surface area contributed by atoms with Crippen molar-refractivity contribution in [2.45, 2.75) is 38.9 Å². The first-order valence-electron chi connectivity index (χ1n) is 10.0. The molecule has 0 radical (unpaired) electrons. The van der Waals surface area contributed by atoms with Crippen molar-refractivity contribution in [1.29, 1.82) is 0 Å². The number of alkyl halides is 3. The molecule has 0 aliphatic carbocycles. The van der Waals surface area contributed by atoms with Gasteiger partial charge in [0.2, 0.25) is 11.0 Å². The lowest BCUT2D eigenvalue weighted by molar-refractivity contribution is -0.137. The number of carbonyl (C=O) groups excluding carboxylic acids is 1. The average molecular weight is 478 g/mol. The van der Waals surface area contributed by atoms with E-state index in [-0.39, 0.29) is 16.4 Å². The van der Waals surface area contributed by atoms with Gasteiger partial charge in [-0.25, -0.2) is 4.98 Å². The minimum Gasteiger partial charge on any atom is -0.368 e. The lowest BCUT2D eigenvalue weighted by Crippen LogP contribution is -2.37. The van der Waals surface area contributed by atoms with Crippen molar-refractivity contribution >= 4 is 39.8 Å². The summed E-state index contributed by atoms with van der Waals surface area (Å²) in [5.41, 5.74) is 1.69. The number of nitrogens with one attached hydrogen (secondary N) is 1. The van der Waals surface area contributed by atoms with Crippen LogP contribution in [0.1, 0.15) is 31.9 Å². The van der Waals surface area contributed by atoms with Gasteiger partial charge in [0.1, 0.15) is 17.1 Å². The molecule has 174 valence electrons. The van der Waals surface area contributed by atoms with Crippen LogP contribution in [-0.2, 0) is 17.4 Å². The molecule has 4 rings (SSSR count). The number of rotatable bonds is 4. The molecule has 1 aliphatic heterocycles. The molecule has 3 aromatic heterocycles. The number of amides is 1. The first-order valence-corrected chi connectivity index (χ1v) is 10.8. The van der Waals surface area contributed by atoms with E-state index in [0.29, 0.717) is 11.5 Å². The van der Waals surface area contributed by atoms with Gasteiger partial charge in [-0.2, -0.15) is 22.5 Å². The first kappa shape index (κ1) is 22.9. The standard InChI is InChI=1S/C21H22F3N7OS/c1-11(32)30(4)13-7-14(21(22,23)24)17(26-9-13)27-19-28-18(29-33-19)15-6-12-8-20(2,3)31(5)16(12)10-25-15/h6-7,9-10H,8H2,1-5H3,(H,26,27,28,29). The maximum absolute atomic E-state index is 13.7. The lowest BCUT2D eigenvalue weighted by atomic mass is 10.00. The largest absolute Gasteiger partial charge is 0.420 e. The topological polar surface area (TPSA) is 87.1 Å². The third-order valence-electron chi connectivity index (χ3n) is 5.78. The Labute approximate surface area is 192 Å². The Morgan fingerprint density at radius 2 is 1.97 bits per heavy atom. The van der Waals surface area contributed by atoms with Crippen LogP contribution in [0.15, 0.2) is 24.5 Å². The molecule has 12 heteroatoms. The van der Waals surface area contributed by atoms with Crippen LogP contribution in [0.25, 0.3) is 11.5 Å². The van der Waals surface area contributed by atoms with Crippen LogP contribution in [0.4, 0.5) is 35.5 Å². The molecule has 0 saturated heterocycles. The Morgan fingerprint density at radius 3 is 2.64 bits per heavy atom. The Balaban J connectivity index is 1.62. The second kappa shape index (κ2) is 7.94. The Morgan fingerprint density at radius 1 is 1.24 bits per heavy atom. The van der Waals surface area contributed by atoms with E-state index in [0.717, 1.165) is 40.2 Å². The highest BCUT2D eigenvalue weighted by Gasteiger charge is 2.36. The molecule has 0 spiro atoms. The number of halogens is 3. The van der Waals surface area contributed by atoms with Crippen LogP contribution in [-0.4, -0.2) is 44.9 Å². The highest BCUT2D eigenvalue weighted by Crippen LogP contribution is 2.39. The van der Waals surface area contributed by atoms with Crippen LogP contribution in [0.3, 0.4) is 0 Å². The quantitative estimate of drug-likeness (QED) is 0.592. The number of pyridine rings is 2. The number of fused-ring (bicyclic) bond motifs is 1. The fourth-order valence-electron chi connectivity index (χ4n) is 3.58. The molecule has 8 nitrogen and oxygen atoms in total. The van der Waals surface area contributed by atoms with Crippen molar-refractivity contribution in [1.82, 2.24) is 19.3 Å². The van der Waals surface area contributed by atoms with E-state index >= 15 is 0 Å². The molecule has 0 fully saturated rings. The maximum atomic E-state index is 13.7. The zero-order valence-electron chi connectivity index (χ0n) is 18.7. The van der Waals surface area contributed by atoms with Crippen LogP contribution < -0.4 is 15.1 Å². The second-order valence-electron chi connectivity index (χ2n) is 8.46. The van der Waals surface area contributed by atoms with Crippen molar-refractivity contribution in [3.05, 3.63) is 35.7 Å². The van der Waals surface area contributed by atoms with Crippen LogP contribution in [0, 0.1) is 0 Å². The molecule has 0 aromatic carbocycles. The van der Waals surface area contributed by atoms with E-state index < -0.39 is 23.5 Å². The molecule has 0 atom stereocenters. The summed E-state index contributed by atoms with van der Waals surface area (Å²) in [6, 6.07) is 2.79. The normalized spacial score (nSPS) is 14.8. The van der Waals surface area contributed by atoms with Crippen molar-refractivity contribution in [3.8, 4) is 11.5 Å². The minimum atomic E-state index is -4.68. The van der Waals surface area contributed by atoms with Gasteiger partial charge in [0.15, 0.2) is 5.82 Å². The van der Waals surface area contributed by atoms with Gasteiger partial charge < -0.3 is 15.1 Å². The van der Waals surface area contributed by atoms with Gasteiger partial charge in [0.05, 0.1) is 23.8 Å². The van der Waals surface area contributed by atoms with Gasteiger partial charge in [-0.1, -0.05) is 0 Å². The molecule has 3 aromatic rings. The van der Waals surface area contributed by atoms with Crippen LogP contribution in [0.5, 0.6) is 0 Å². The number of likely N-dealkylation sites (N-methyl/N-ethyl adjacent to an activating group) is 1. The average Bonchev–Trinajstić information content (AvgIpc) is 3.28. The highest BCUT2D eigenvalue weighted by molar-refractivity contribution is 7.09. The molecule has 1 N–H and O–H groups in total. The molecule has 4 heterocycles. The summed E-state index contributed by atoms with van der Waals surface area (Å²) in [5.74, 6) is -0.508. The lowest BCUT2D eigenvalue weighted by Gasteiger charge is -2.29. The first-order chi connectivity index (χ1) is 15.4. The second-order valence-corrected chi connectivity index (χ2v) is 9.21. The zero-order chi connectivity index (χ0) is 24.1. The molecular weight excluding hydrogens is 455 g/mol. The summed E-state index contributed by atoms with van der Waals surface area (Å²) >= 11 is 0.913. The predicted molar refractivity (Wildman–Crippen MR) is 121 cm³/mol. The van der Waals surface area contributed by atoms with Crippen molar-refractivity contribution in [2.24, 2.45) is 0 Å². The summed E-state index contributed by atoms with van der Waals surface area (Å²) in [6.45, 7) is 5.54. The van der Waals surface area contributed by atoms with E-state index in [1.54, 1.807) is 6.20 Å².